The van der Waals surface area contributed by atoms with Gasteiger partial charge in [0.25, 0.3) is 0 Å². The summed E-state index contributed by atoms with van der Waals surface area (Å²) in [6, 6.07) is 6.12. The molecule has 4 rings (SSSR count). The number of nitrogens with zero attached hydrogens (tertiary/aromatic N) is 3. The summed E-state index contributed by atoms with van der Waals surface area (Å²) in [5.41, 5.74) is 2.29. The van der Waals surface area contributed by atoms with Crippen LogP contribution in [0.3, 0.4) is 0 Å². The van der Waals surface area contributed by atoms with Crippen LogP contribution in [0.5, 0.6) is 0 Å². The van der Waals surface area contributed by atoms with E-state index in [4.69, 9.17) is 9.90 Å². The molecule has 2 aliphatic rings. The van der Waals surface area contributed by atoms with E-state index >= 15 is 0 Å². The van der Waals surface area contributed by atoms with Gasteiger partial charge in [-0.05, 0) is 47.2 Å². The number of amides is 1. The summed E-state index contributed by atoms with van der Waals surface area (Å²) < 4.78 is 31.7. The highest BCUT2D eigenvalue weighted by molar-refractivity contribution is 7.08. The molecule has 1 fully saturated rings. The zero-order chi connectivity index (χ0) is 21.7. The van der Waals surface area contributed by atoms with Gasteiger partial charge in [-0.2, -0.15) is 24.5 Å². The van der Waals surface area contributed by atoms with Crippen molar-refractivity contribution in [2.45, 2.75) is 32.0 Å². The normalized spacial score (nSPS) is 16.2. The Kier molecular flexibility index (Phi) is 6.96. The van der Waals surface area contributed by atoms with Crippen LogP contribution < -0.4 is 4.90 Å². The van der Waals surface area contributed by atoms with Crippen molar-refractivity contribution in [2.75, 3.05) is 24.5 Å². The lowest BCUT2D eigenvalue weighted by atomic mass is 10.2. The maximum Gasteiger partial charge on any atom is 0.490 e. The van der Waals surface area contributed by atoms with Crippen molar-refractivity contribution < 1.29 is 27.9 Å². The molecule has 2 aromatic heterocycles. The topological polar surface area (TPSA) is 73.7 Å². The highest BCUT2D eigenvalue weighted by Gasteiger charge is 2.38. The predicted octanol–water partition coefficient (Wildman–Crippen LogP) is 3.58. The number of carboxylic acids is 1. The molecule has 1 saturated carbocycles. The Morgan fingerprint density at radius 2 is 1.97 bits per heavy atom. The molecule has 10 heteroatoms. The lowest BCUT2D eigenvalue weighted by molar-refractivity contribution is -0.192. The molecule has 0 aromatic carbocycles. The monoisotopic (exact) mass is 441 g/mol. The van der Waals surface area contributed by atoms with Crippen LogP contribution in [-0.4, -0.2) is 52.7 Å². The third-order valence-corrected chi connectivity index (χ3v) is 5.61. The number of fused-ring (bicyclic) bond motifs is 1. The first-order valence-electron chi connectivity index (χ1n) is 9.52. The standard InChI is InChI=1S/C18H21N3OS.C2HF3O2/c22-17(10-15-5-9-23-13-15)20-7-8-21(11-14-3-4-14)18-16(12-20)2-1-6-19-18;3-2(4,5)1(6)7/h1-2,5-6,9,13-14H,3-4,7-8,10-12H2;(H,6,7). The minimum atomic E-state index is -5.08. The molecular formula is C20H22F3N3O3S. The van der Waals surface area contributed by atoms with Crippen LogP contribution in [0.1, 0.15) is 24.0 Å². The zero-order valence-corrected chi connectivity index (χ0v) is 17.0. The summed E-state index contributed by atoms with van der Waals surface area (Å²) in [5.74, 6) is -0.651. The molecule has 162 valence electrons. The van der Waals surface area contributed by atoms with E-state index in [1.165, 1.54) is 18.4 Å². The smallest absolute Gasteiger partial charge is 0.475 e. The van der Waals surface area contributed by atoms with Crippen molar-refractivity contribution in [1.29, 1.82) is 0 Å². The molecule has 2 aromatic rings. The van der Waals surface area contributed by atoms with E-state index in [0.717, 1.165) is 36.9 Å². The van der Waals surface area contributed by atoms with Crippen LogP contribution in [0.2, 0.25) is 0 Å². The first-order chi connectivity index (χ1) is 14.2. The number of aliphatic carboxylic acids is 1. The predicted molar refractivity (Wildman–Crippen MR) is 106 cm³/mol. The summed E-state index contributed by atoms with van der Waals surface area (Å²) in [7, 11) is 0. The lowest BCUT2D eigenvalue weighted by Gasteiger charge is -2.23. The first kappa shape index (κ1) is 22.1. The Morgan fingerprint density at radius 3 is 2.57 bits per heavy atom. The average Bonchev–Trinajstić information content (AvgIpc) is 3.41. The largest absolute Gasteiger partial charge is 0.490 e. The summed E-state index contributed by atoms with van der Waals surface area (Å²) in [5, 5.41) is 11.2. The lowest BCUT2D eigenvalue weighted by Crippen LogP contribution is -2.36. The SMILES string of the molecule is O=C(Cc1ccsc1)N1CCN(CC2CC2)c2ncccc2C1.O=C(O)C(F)(F)F. The van der Waals surface area contributed by atoms with Gasteiger partial charge in [-0.3, -0.25) is 4.79 Å². The average molecular weight is 441 g/mol. The van der Waals surface area contributed by atoms with Crippen LogP contribution in [0.4, 0.5) is 19.0 Å². The van der Waals surface area contributed by atoms with Crippen molar-refractivity contribution in [3.05, 3.63) is 46.3 Å². The number of carbonyl (C=O) groups is 2. The van der Waals surface area contributed by atoms with Gasteiger partial charge < -0.3 is 14.9 Å². The number of thiophene rings is 1. The number of anilines is 1. The first-order valence-corrected chi connectivity index (χ1v) is 10.5. The molecule has 6 nitrogen and oxygen atoms in total. The number of carboxylic acid groups (broad SMARTS) is 1. The number of aromatic nitrogens is 1. The molecule has 1 aliphatic carbocycles. The summed E-state index contributed by atoms with van der Waals surface area (Å²) in [4.78, 5) is 30.5. The minimum Gasteiger partial charge on any atom is -0.475 e. The Hall–Kier alpha value is -2.62. The number of halogens is 3. The molecular weight excluding hydrogens is 419 g/mol. The second kappa shape index (κ2) is 9.46. The fourth-order valence-corrected chi connectivity index (χ4v) is 3.82. The van der Waals surface area contributed by atoms with Crippen molar-refractivity contribution in [2.24, 2.45) is 5.92 Å². The molecule has 0 spiro atoms. The van der Waals surface area contributed by atoms with Gasteiger partial charge in [-0.1, -0.05) is 6.07 Å². The van der Waals surface area contributed by atoms with Gasteiger partial charge in [0.2, 0.25) is 5.91 Å². The number of hydrogen-bond acceptors (Lipinski definition) is 5. The van der Waals surface area contributed by atoms with Gasteiger partial charge in [-0.15, -0.1) is 0 Å². The van der Waals surface area contributed by atoms with Crippen molar-refractivity contribution in [3.63, 3.8) is 0 Å². The minimum absolute atomic E-state index is 0.214. The Bertz CT molecular complexity index is 870. The van der Waals surface area contributed by atoms with Crippen LogP contribution in [0.15, 0.2) is 35.2 Å². The van der Waals surface area contributed by atoms with Crippen LogP contribution in [0, 0.1) is 5.92 Å². The highest BCUT2D eigenvalue weighted by Crippen LogP contribution is 2.32. The molecule has 3 heterocycles. The fourth-order valence-electron chi connectivity index (χ4n) is 3.15. The van der Waals surface area contributed by atoms with Crippen molar-refractivity contribution >= 4 is 29.0 Å². The van der Waals surface area contributed by atoms with Gasteiger partial charge in [0.1, 0.15) is 5.82 Å². The maximum atomic E-state index is 12.7. The third kappa shape index (κ3) is 6.19. The molecule has 1 aliphatic heterocycles. The summed E-state index contributed by atoms with van der Waals surface area (Å²) in [6.07, 6.45) is -0.0533. The summed E-state index contributed by atoms with van der Waals surface area (Å²) in [6.45, 7) is 3.42. The zero-order valence-electron chi connectivity index (χ0n) is 16.1. The molecule has 0 bridgehead atoms. The van der Waals surface area contributed by atoms with Gasteiger partial charge in [-0.25, -0.2) is 9.78 Å². The fraction of sp³-hybridized carbons (Fsp3) is 0.450. The maximum absolute atomic E-state index is 12.7. The van der Waals surface area contributed by atoms with Gasteiger partial charge in [0.15, 0.2) is 0 Å². The second-order valence-electron chi connectivity index (χ2n) is 7.30. The van der Waals surface area contributed by atoms with Gasteiger partial charge in [0.05, 0.1) is 6.42 Å². The van der Waals surface area contributed by atoms with Crippen LogP contribution in [0.25, 0.3) is 0 Å². The molecule has 0 radical (unpaired) electrons. The van der Waals surface area contributed by atoms with E-state index in [1.54, 1.807) is 11.3 Å². The van der Waals surface area contributed by atoms with E-state index in [9.17, 15) is 18.0 Å². The quantitative estimate of drug-likeness (QED) is 0.785. The molecule has 1 N–H and O–H groups in total. The number of rotatable bonds is 4. The van der Waals surface area contributed by atoms with Crippen LogP contribution in [-0.2, 0) is 22.6 Å². The van der Waals surface area contributed by atoms with Crippen LogP contribution >= 0.6 is 11.3 Å². The Morgan fingerprint density at radius 1 is 1.23 bits per heavy atom. The van der Waals surface area contributed by atoms with E-state index in [1.807, 2.05) is 28.6 Å². The van der Waals surface area contributed by atoms with E-state index < -0.39 is 12.1 Å². The Labute approximate surface area is 175 Å². The summed E-state index contributed by atoms with van der Waals surface area (Å²) >= 11 is 1.65. The number of alkyl halides is 3. The van der Waals surface area contributed by atoms with Gasteiger partial charge in [0, 0.05) is 37.9 Å². The number of hydrogen-bond donors (Lipinski definition) is 1. The van der Waals surface area contributed by atoms with Crippen molar-refractivity contribution in [3.8, 4) is 0 Å². The number of carbonyl (C=O) groups excluding carboxylic acids is 1. The van der Waals surface area contributed by atoms with E-state index in [-0.39, 0.29) is 5.91 Å². The molecule has 0 atom stereocenters. The van der Waals surface area contributed by atoms with E-state index in [0.29, 0.717) is 13.0 Å². The van der Waals surface area contributed by atoms with E-state index in [2.05, 4.69) is 21.3 Å². The molecule has 0 unspecified atom stereocenters. The second-order valence-corrected chi connectivity index (χ2v) is 8.08. The van der Waals surface area contributed by atoms with Crippen molar-refractivity contribution in [1.82, 2.24) is 9.88 Å². The Balaban J connectivity index is 0.000000318. The third-order valence-electron chi connectivity index (χ3n) is 4.87. The molecule has 1 amide bonds. The number of pyridine rings is 1. The highest BCUT2D eigenvalue weighted by atomic mass is 32.1. The van der Waals surface area contributed by atoms with Gasteiger partial charge >= 0.3 is 12.1 Å². The molecule has 30 heavy (non-hydrogen) atoms. The molecule has 0 saturated heterocycles.